The highest BCUT2D eigenvalue weighted by Gasteiger charge is 2.50. The van der Waals surface area contributed by atoms with Crippen molar-refractivity contribution in [2.24, 2.45) is 5.41 Å². The summed E-state index contributed by atoms with van der Waals surface area (Å²) in [5.74, 6) is 0.298. The van der Waals surface area contributed by atoms with Crippen LogP contribution in [0.3, 0.4) is 0 Å². The maximum absolute atomic E-state index is 12.2. The van der Waals surface area contributed by atoms with Crippen LogP contribution in [-0.4, -0.2) is 31.4 Å². The summed E-state index contributed by atoms with van der Waals surface area (Å²) in [6, 6.07) is 4.50. The molecule has 0 bridgehead atoms. The summed E-state index contributed by atoms with van der Waals surface area (Å²) in [6.45, 7) is 3.04. The third-order valence-corrected chi connectivity index (χ3v) is 6.65. The monoisotopic (exact) mass is 292 g/mol. The Morgan fingerprint density at radius 2 is 1.85 bits per heavy atom. The van der Waals surface area contributed by atoms with Crippen molar-refractivity contribution >= 4 is 17.2 Å². The molecular weight excluding hydrogens is 268 g/mol. The van der Waals surface area contributed by atoms with Gasteiger partial charge in [-0.2, -0.15) is 0 Å². The van der Waals surface area contributed by atoms with E-state index in [9.17, 15) is 4.79 Å². The lowest BCUT2D eigenvalue weighted by Crippen LogP contribution is -2.48. The van der Waals surface area contributed by atoms with Crippen LogP contribution in [0.1, 0.15) is 41.9 Å². The zero-order valence-electron chi connectivity index (χ0n) is 12.7. The highest BCUT2D eigenvalue weighted by atomic mass is 32.1. The number of hydrogen-bond acceptors (Lipinski definition) is 3. The van der Waals surface area contributed by atoms with Gasteiger partial charge in [-0.15, -0.1) is 11.3 Å². The van der Waals surface area contributed by atoms with Crippen LogP contribution in [0, 0.1) is 12.3 Å². The summed E-state index contributed by atoms with van der Waals surface area (Å²) in [4.78, 5) is 17.4. The Labute approximate surface area is 125 Å². The third kappa shape index (κ3) is 2.01. The molecule has 1 aliphatic heterocycles. The Bertz CT molecular complexity index is 512. The number of carbonyl (C=O) groups excluding carboxylic acids is 1. The minimum atomic E-state index is -0.0637. The molecule has 1 spiro atoms. The smallest absolute Gasteiger partial charge is 0.226 e. The Hall–Kier alpha value is -0.870. The third-order valence-electron chi connectivity index (χ3n) is 5.46. The normalized spacial score (nSPS) is 33.9. The van der Waals surface area contributed by atoms with E-state index in [4.69, 9.17) is 0 Å². The largest absolute Gasteiger partial charge is 0.356 e. The molecule has 4 heteroatoms. The number of carbonyl (C=O) groups is 1. The summed E-state index contributed by atoms with van der Waals surface area (Å²) in [5, 5.41) is 3.03. The Balaban J connectivity index is 1.87. The van der Waals surface area contributed by atoms with Crippen LogP contribution in [0.25, 0.3) is 0 Å². The van der Waals surface area contributed by atoms with E-state index in [0.29, 0.717) is 5.91 Å². The summed E-state index contributed by atoms with van der Waals surface area (Å²) in [5.41, 5.74) is 0.0683. The average molecular weight is 292 g/mol. The first kappa shape index (κ1) is 14.1. The molecule has 1 saturated heterocycles. The first-order valence-electron chi connectivity index (χ1n) is 7.51. The Kier molecular flexibility index (Phi) is 3.41. The zero-order valence-corrected chi connectivity index (χ0v) is 13.5. The molecule has 0 radical (unpaired) electrons. The van der Waals surface area contributed by atoms with E-state index in [1.54, 1.807) is 0 Å². The van der Waals surface area contributed by atoms with Gasteiger partial charge in [0, 0.05) is 16.3 Å². The van der Waals surface area contributed by atoms with E-state index >= 15 is 0 Å². The van der Waals surface area contributed by atoms with Crippen LogP contribution in [-0.2, 0) is 10.3 Å². The Morgan fingerprint density at radius 3 is 2.30 bits per heavy atom. The summed E-state index contributed by atoms with van der Waals surface area (Å²) >= 11 is 1.91. The van der Waals surface area contributed by atoms with Gasteiger partial charge < -0.3 is 5.32 Å². The molecular formula is C16H24N2OS. The van der Waals surface area contributed by atoms with Crippen molar-refractivity contribution in [1.29, 1.82) is 0 Å². The van der Waals surface area contributed by atoms with E-state index in [1.807, 2.05) is 11.3 Å². The van der Waals surface area contributed by atoms with E-state index in [-0.39, 0.29) is 11.0 Å². The van der Waals surface area contributed by atoms with Gasteiger partial charge in [-0.1, -0.05) is 0 Å². The number of nitrogens with one attached hydrogen (secondary N) is 1. The number of hydrogen-bond donors (Lipinski definition) is 1. The van der Waals surface area contributed by atoms with Gasteiger partial charge in [-0.05, 0) is 65.3 Å². The average Bonchev–Trinajstić information content (AvgIpc) is 2.99. The van der Waals surface area contributed by atoms with Gasteiger partial charge in [-0.25, -0.2) is 0 Å². The molecule has 2 aliphatic rings. The predicted octanol–water partition coefficient (Wildman–Crippen LogP) is 2.89. The van der Waals surface area contributed by atoms with Crippen LogP contribution in [0.2, 0.25) is 0 Å². The molecule has 110 valence electrons. The fraction of sp³-hybridized carbons (Fsp3) is 0.688. The standard InChI is InChI=1S/C16H24N2OS/c1-12-4-5-13(20-12)16(18(2)3)8-6-15(7-9-16)10-11-17-14(15)19/h4-5H,6-11H2,1-3H3,(H,17,19). The van der Waals surface area contributed by atoms with Crippen molar-refractivity contribution < 1.29 is 4.79 Å². The van der Waals surface area contributed by atoms with Crippen molar-refractivity contribution in [2.75, 3.05) is 20.6 Å². The number of nitrogens with zero attached hydrogens (tertiary/aromatic N) is 1. The molecule has 1 amide bonds. The molecule has 1 aromatic heterocycles. The SMILES string of the molecule is Cc1ccc(C2(N(C)C)CCC3(CCNC3=O)CC2)s1. The quantitative estimate of drug-likeness (QED) is 0.909. The second-order valence-corrected chi connectivity index (χ2v) is 7.91. The van der Waals surface area contributed by atoms with Gasteiger partial charge >= 0.3 is 0 Å². The van der Waals surface area contributed by atoms with Crippen LogP contribution < -0.4 is 5.32 Å². The van der Waals surface area contributed by atoms with Gasteiger partial charge in [0.05, 0.1) is 11.0 Å². The molecule has 0 atom stereocenters. The zero-order chi connectivity index (χ0) is 14.4. The summed E-state index contributed by atoms with van der Waals surface area (Å²) in [6.07, 6.45) is 5.25. The highest BCUT2D eigenvalue weighted by Crippen LogP contribution is 2.52. The second kappa shape index (κ2) is 4.85. The second-order valence-electron chi connectivity index (χ2n) is 6.62. The lowest BCUT2D eigenvalue weighted by molar-refractivity contribution is -0.131. The van der Waals surface area contributed by atoms with E-state index < -0.39 is 0 Å². The van der Waals surface area contributed by atoms with Gasteiger partial charge in [0.1, 0.15) is 0 Å². The van der Waals surface area contributed by atoms with E-state index in [0.717, 1.165) is 38.6 Å². The minimum absolute atomic E-state index is 0.0637. The van der Waals surface area contributed by atoms with Gasteiger partial charge in [0.15, 0.2) is 0 Å². The van der Waals surface area contributed by atoms with Crippen LogP contribution in [0.4, 0.5) is 0 Å². The fourth-order valence-corrected chi connectivity index (χ4v) is 5.13. The lowest BCUT2D eigenvalue weighted by Gasteiger charge is -2.47. The maximum atomic E-state index is 12.2. The van der Waals surface area contributed by atoms with Crippen LogP contribution >= 0.6 is 11.3 Å². The van der Waals surface area contributed by atoms with Crippen molar-refractivity contribution in [2.45, 2.75) is 44.6 Å². The fourth-order valence-electron chi connectivity index (χ4n) is 3.93. The Morgan fingerprint density at radius 1 is 1.15 bits per heavy atom. The number of rotatable bonds is 2. The number of amides is 1. The van der Waals surface area contributed by atoms with Gasteiger partial charge in [0.2, 0.25) is 5.91 Å². The molecule has 2 fully saturated rings. The van der Waals surface area contributed by atoms with Gasteiger partial charge in [0.25, 0.3) is 0 Å². The first-order chi connectivity index (χ1) is 9.48. The van der Waals surface area contributed by atoms with E-state index in [2.05, 4.69) is 43.4 Å². The van der Waals surface area contributed by atoms with Gasteiger partial charge in [-0.3, -0.25) is 9.69 Å². The van der Waals surface area contributed by atoms with Crippen LogP contribution in [0.5, 0.6) is 0 Å². The molecule has 3 nitrogen and oxygen atoms in total. The van der Waals surface area contributed by atoms with Crippen molar-refractivity contribution in [3.63, 3.8) is 0 Å². The first-order valence-corrected chi connectivity index (χ1v) is 8.33. The highest BCUT2D eigenvalue weighted by molar-refractivity contribution is 7.12. The molecule has 20 heavy (non-hydrogen) atoms. The molecule has 1 N–H and O–H groups in total. The van der Waals surface area contributed by atoms with Crippen molar-refractivity contribution in [3.8, 4) is 0 Å². The predicted molar refractivity (Wildman–Crippen MR) is 82.9 cm³/mol. The molecule has 2 heterocycles. The molecule has 0 aromatic carbocycles. The minimum Gasteiger partial charge on any atom is -0.356 e. The molecule has 1 saturated carbocycles. The number of thiophene rings is 1. The van der Waals surface area contributed by atoms with Crippen LogP contribution in [0.15, 0.2) is 12.1 Å². The van der Waals surface area contributed by atoms with Crippen molar-refractivity contribution in [1.82, 2.24) is 10.2 Å². The summed E-state index contributed by atoms with van der Waals surface area (Å²) < 4.78 is 0. The van der Waals surface area contributed by atoms with Crippen molar-refractivity contribution in [3.05, 3.63) is 21.9 Å². The molecule has 1 aliphatic carbocycles. The maximum Gasteiger partial charge on any atom is 0.226 e. The molecule has 0 unspecified atom stereocenters. The topological polar surface area (TPSA) is 32.3 Å². The summed E-state index contributed by atoms with van der Waals surface area (Å²) in [7, 11) is 4.36. The molecule has 3 rings (SSSR count). The molecule has 1 aromatic rings. The number of aryl methyl sites for hydroxylation is 1. The van der Waals surface area contributed by atoms with E-state index in [1.165, 1.54) is 9.75 Å². The lowest BCUT2D eigenvalue weighted by atomic mass is 9.65.